The van der Waals surface area contributed by atoms with Gasteiger partial charge in [-0.3, -0.25) is 0 Å². The van der Waals surface area contributed by atoms with E-state index < -0.39 is 0 Å². The average Bonchev–Trinajstić information content (AvgIpc) is 3.42. The summed E-state index contributed by atoms with van der Waals surface area (Å²) in [6.07, 6.45) is 11.4. The van der Waals surface area contributed by atoms with Crippen LogP contribution in [0.5, 0.6) is 0 Å². The molecular formula is C24H28N6O. The first-order chi connectivity index (χ1) is 15.2. The second-order valence-corrected chi connectivity index (χ2v) is 8.48. The van der Waals surface area contributed by atoms with Crippen LogP contribution in [-0.4, -0.2) is 37.8 Å². The number of pyridine rings is 1. The Bertz CT molecular complexity index is 1200. The van der Waals surface area contributed by atoms with Crippen LogP contribution < -0.4 is 11.1 Å². The molecule has 31 heavy (non-hydrogen) atoms. The number of aliphatic hydroxyl groups excluding tert-OH is 1. The van der Waals surface area contributed by atoms with Crippen molar-refractivity contribution < 1.29 is 5.11 Å². The Morgan fingerprint density at radius 2 is 2.10 bits per heavy atom. The van der Waals surface area contributed by atoms with Crippen molar-refractivity contribution in [3.63, 3.8) is 0 Å². The summed E-state index contributed by atoms with van der Waals surface area (Å²) in [4.78, 5) is 13.1. The Morgan fingerprint density at radius 3 is 3.00 bits per heavy atom. The van der Waals surface area contributed by atoms with Crippen LogP contribution in [0.1, 0.15) is 37.3 Å². The quantitative estimate of drug-likeness (QED) is 0.422. The molecule has 160 valence electrons. The van der Waals surface area contributed by atoms with Crippen molar-refractivity contribution in [3.05, 3.63) is 54.6 Å². The van der Waals surface area contributed by atoms with Crippen molar-refractivity contribution in [2.45, 2.75) is 38.1 Å². The Kier molecular flexibility index (Phi) is 5.42. The van der Waals surface area contributed by atoms with Gasteiger partial charge in [-0.1, -0.05) is 0 Å². The molecule has 4 aromatic rings. The van der Waals surface area contributed by atoms with Gasteiger partial charge >= 0.3 is 0 Å². The molecule has 1 aromatic carbocycles. The van der Waals surface area contributed by atoms with Gasteiger partial charge in [-0.2, -0.15) is 0 Å². The number of hydrogen-bond donors (Lipinski definition) is 3. The van der Waals surface area contributed by atoms with E-state index in [4.69, 9.17) is 5.73 Å². The molecule has 0 radical (unpaired) electrons. The highest BCUT2D eigenvalue weighted by molar-refractivity contribution is 5.85. The van der Waals surface area contributed by atoms with E-state index in [2.05, 4.69) is 49.2 Å². The van der Waals surface area contributed by atoms with E-state index in [1.165, 1.54) is 24.8 Å². The van der Waals surface area contributed by atoms with E-state index in [1.54, 1.807) is 6.33 Å². The lowest BCUT2D eigenvalue weighted by Gasteiger charge is -2.16. The minimum atomic E-state index is 0.107. The number of nitrogen functional groups attached to an aromatic ring is 1. The van der Waals surface area contributed by atoms with E-state index in [1.807, 2.05) is 18.3 Å². The summed E-state index contributed by atoms with van der Waals surface area (Å²) in [7, 11) is 0. The van der Waals surface area contributed by atoms with Crippen LogP contribution in [0.4, 0.5) is 11.5 Å². The second kappa shape index (κ2) is 8.51. The van der Waals surface area contributed by atoms with Crippen LogP contribution >= 0.6 is 0 Å². The molecule has 2 atom stereocenters. The zero-order chi connectivity index (χ0) is 21.2. The molecule has 0 spiro atoms. The van der Waals surface area contributed by atoms with Crippen molar-refractivity contribution in [2.75, 3.05) is 24.2 Å². The van der Waals surface area contributed by atoms with Crippen LogP contribution in [0.25, 0.3) is 21.9 Å². The zero-order valence-corrected chi connectivity index (χ0v) is 17.5. The third-order valence-electron chi connectivity index (χ3n) is 6.47. The molecule has 1 aliphatic carbocycles. The molecule has 0 aliphatic heterocycles. The molecule has 5 rings (SSSR count). The predicted octanol–water partition coefficient (Wildman–Crippen LogP) is 3.94. The van der Waals surface area contributed by atoms with Crippen LogP contribution in [0.15, 0.2) is 49.1 Å². The van der Waals surface area contributed by atoms with Crippen LogP contribution in [-0.2, 0) is 6.42 Å². The number of benzene rings is 1. The third-order valence-corrected chi connectivity index (χ3v) is 6.47. The second-order valence-electron chi connectivity index (χ2n) is 8.48. The van der Waals surface area contributed by atoms with Gasteiger partial charge in [-0.25, -0.2) is 15.0 Å². The summed E-state index contributed by atoms with van der Waals surface area (Å²) in [5.74, 6) is 1.22. The minimum absolute atomic E-state index is 0.107. The maximum absolute atomic E-state index is 9.26. The van der Waals surface area contributed by atoms with Gasteiger partial charge in [0, 0.05) is 41.4 Å². The normalized spacial score (nSPS) is 18.7. The number of aryl methyl sites for hydroxylation is 1. The zero-order valence-electron chi connectivity index (χ0n) is 17.5. The predicted molar refractivity (Wildman–Crippen MR) is 124 cm³/mol. The first-order valence-electron chi connectivity index (χ1n) is 11.0. The summed E-state index contributed by atoms with van der Waals surface area (Å²) in [6.45, 7) is 0.644. The molecule has 3 heterocycles. The molecule has 3 aromatic heterocycles. The summed E-state index contributed by atoms with van der Waals surface area (Å²) >= 11 is 0. The van der Waals surface area contributed by atoms with Crippen molar-refractivity contribution in [3.8, 4) is 0 Å². The Morgan fingerprint density at radius 1 is 1.16 bits per heavy atom. The topological polar surface area (TPSA) is 102 Å². The Balaban J connectivity index is 1.31. The van der Waals surface area contributed by atoms with Gasteiger partial charge in [0.25, 0.3) is 0 Å². The van der Waals surface area contributed by atoms with Gasteiger partial charge in [0.15, 0.2) is 0 Å². The fraction of sp³-hybridized carbons (Fsp3) is 0.375. The van der Waals surface area contributed by atoms with E-state index in [9.17, 15) is 5.11 Å². The maximum atomic E-state index is 9.26. The van der Waals surface area contributed by atoms with Crippen molar-refractivity contribution in [2.24, 2.45) is 5.92 Å². The number of hydrogen-bond acceptors (Lipinski definition) is 6. The number of aliphatic hydroxyl groups is 1. The summed E-state index contributed by atoms with van der Waals surface area (Å²) in [6, 6.07) is 10.7. The number of nitrogens with one attached hydrogen (secondary N) is 1. The molecule has 0 bridgehead atoms. The van der Waals surface area contributed by atoms with Gasteiger partial charge in [0.05, 0.1) is 12.1 Å². The third kappa shape index (κ3) is 4.05. The SMILES string of the molecule is Nc1ccc2cc(NCCO)c(CCC3CCC(n4ccc5cncnc54)C3)cc2n1. The number of nitrogens with zero attached hydrogens (tertiary/aromatic N) is 4. The van der Waals surface area contributed by atoms with Gasteiger partial charge in [0.1, 0.15) is 17.8 Å². The van der Waals surface area contributed by atoms with Crippen molar-refractivity contribution in [1.82, 2.24) is 19.5 Å². The highest BCUT2D eigenvalue weighted by atomic mass is 16.3. The van der Waals surface area contributed by atoms with Gasteiger partial charge in [0.2, 0.25) is 0 Å². The van der Waals surface area contributed by atoms with Crippen LogP contribution in [0, 0.1) is 5.92 Å². The number of anilines is 2. The molecule has 7 nitrogen and oxygen atoms in total. The molecule has 0 amide bonds. The highest BCUT2D eigenvalue weighted by Gasteiger charge is 2.27. The molecule has 4 N–H and O–H groups in total. The standard InChI is InChI=1S/C24H28N6O/c25-23-6-4-18-12-21(27-8-10-31)17(13-22(18)29-23)3-1-16-2-5-20(11-16)30-9-7-19-14-26-15-28-24(19)30/h4,6-7,9,12-16,20,27,31H,1-3,5,8,10-11H2,(H2,25,29). The van der Waals surface area contributed by atoms with Gasteiger partial charge < -0.3 is 20.7 Å². The fourth-order valence-electron chi connectivity index (χ4n) is 4.91. The van der Waals surface area contributed by atoms with Crippen molar-refractivity contribution in [1.29, 1.82) is 0 Å². The molecule has 1 aliphatic rings. The fourth-order valence-corrected chi connectivity index (χ4v) is 4.91. The molecular weight excluding hydrogens is 388 g/mol. The monoisotopic (exact) mass is 416 g/mol. The van der Waals surface area contributed by atoms with E-state index in [-0.39, 0.29) is 6.61 Å². The van der Waals surface area contributed by atoms with E-state index in [0.717, 1.165) is 40.5 Å². The smallest absolute Gasteiger partial charge is 0.143 e. The van der Waals surface area contributed by atoms with E-state index >= 15 is 0 Å². The summed E-state index contributed by atoms with van der Waals surface area (Å²) < 4.78 is 2.33. The minimum Gasteiger partial charge on any atom is -0.395 e. The van der Waals surface area contributed by atoms with Crippen molar-refractivity contribution >= 4 is 33.4 Å². The Labute approximate surface area is 181 Å². The Hall–Kier alpha value is -3.19. The lowest BCUT2D eigenvalue weighted by molar-refractivity contribution is 0.311. The average molecular weight is 417 g/mol. The van der Waals surface area contributed by atoms with Gasteiger partial charge in [-0.05, 0) is 73.9 Å². The lowest BCUT2D eigenvalue weighted by Crippen LogP contribution is -2.09. The molecule has 0 saturated heterocycles. The number of aromatic nitrogens is 4. The summed E-state index contributed by atoms with van der Waals surface area (Å²) in [5, 5.41) is 14.8. The molecule has 7 heteroatoms. The highest BCUT2D eigenvalue weighted by Crippen LogP contribution is 2.39. The maximum Gasteiger partial charge on any atom is 0.143 e. The number of nitrogens with two attached hydrogens (primary N) is 1. The van der Waals surface area contributed by atoms with E-state index in [0.29, 0.717) is 24.3 Å². The van der Waals surface area contributed by atoms with Crippen LogP contribution in [0.2, 0.25) is 0 Å². The van der Waals surface area contributed by atoms with Gasteiger partial charge in [-0.15, -0.1) is 0 Å². The first kappa shape index (κ1) is 19.8. The molecule has 2 unspecified atom stereocenters. The first-order valence-corrected chi connectivity index (χ1v) is 11.0. The number of fused-ring (bicyclic) bond motifs is 2. The molecule has 1 fully saturated rings. The molecule has 1 saturated carbocycles. The largest absolute Gasteiger partial charge is 0.395 e. The summed E-state index contributed by atoms with van der Waals surface area (Å²) in [5.41, 5.74) is 10.2. The van der Waals surface area contributed by atoms with Crippen LogP contribution in [0.3, 0.4) is 0 Å². The lowest BCUT2D eigenvalue weighted by atomic mass is 9.96. The number of rotatable bonds is 7.